The van der Waals surface area contributed by atoms with Gasteiger partial charge in [-0.3, -0.25) is 4.99 Å². The maximum atomic E-state index is 6.11. The fraction of sp³-hybridized carbons (Fsp3) is 0.500. The maximum Gasteiger partial charge on any atom is 0.191 e. The lowest BCUT2D eigenvalue weighted by molar-refractivity contribution is 0.0694. The molecule has 0 amide bonds. The standard InChI is InChI=1S/C20H28N4OS.HI/c1-13(2)18-23-14(12-26-18)11-22-19(21-5)24-16-10-20(3,4)25-17-9-7-6-8-15(16)17;/h6-9,12-13,16H,10-11H2,1-5H3,(H2,21,22,24);1H. The topological polar surface area (TPSA) is 58.5 Å². The lowest BCUT2D eigenvalue weighted by atomic mass is 9.90. The summed E-state index contributed by atoms with van der Waals surface area (Å²) in [6.45, 7) is 9.24. The van der Waals surface area contributed by atoms with Crippen LogP contribution in [0.2, 0.25) is 0 Å². The Labute approximate surface area is 183 Å². The highest BCUT2D eigenvalue weighted by atomic mass is 127. The van der Waals surface area contributed by atoms with E-state index in [0.29, 0.717) is 12.5 Å². The number of rotatable bonds is 4. The molecule has 0 aliphatic carbocycles. The second-order valence-electron chi connectivity index (χ2n) is 7.56. The first-order valence-electron chi connectivity index (χ1n) is 9.07. The molecule has 1 aromatic heterocycles. The average Bonchev–Trinajstić information content (AvgIpc) is 3.06. The first-order valence-corrected chi connectivity index (χ1v) is 9.95. The first kappa shape index (κ1) is 21.9. The zero-order valence-corrected chi connectivity index (χ0v) is 19.7. The van der Waals surface area contributed by atoms with E-state index < -0.39 is 0 Å². The second kappa shape index (κ2) is 9.23. The van der Waals surface area contributed by atoms with E-state index in [9.17, 15) is 0 Å². The summed E-state index contributed by atoms with van der Waals surface area (Å²) in [5.41, 5.74) is 2.01. The van der Waals surface area contributed by atoms with Crippen molar-refractivity contribution in [2.45, 2.75) is 58.2 Å². The number of para-hydroxylation sites is 1. The quantitative estimate of drug-likeness (QED) is 0.358. The number of hydrogen-bond acceptors (Lipinski definition) is 4. The number of ether oxygens (including phenoxy) is 1. The van der Waals surface area contributed by atoms with E-state index in [1.54, 1.807) is 18.4 Å². The van der Waals surface area contributed by atoms with Crippen molar-refractivity contribution in [3.05, 3.63) is 45.9 Å². The van der Waals surface area contributed by atoms with E-state index in [0.717, 1.165) is 23.8 Å². The van der Waals surface area contributed by atoms with E-state index >= 15 is 0 Å². The highest BCUT2D eigenvalue weighted by molar-refractivity contribution is 14.0. The van der Waals surface area contributed by atoms with Crippen LogP contribution < -0.4 is 15.4 Å². The monoisotopic (exact) mass is 500 g/mol. The van der Waals surface area contributed by atoms with Crippen molar-refractivity contribution in [3.8, 4) is 5.75 Å². The number of fused-ring (bicyclic) bond motifs is 1. The fourth-order valence-electron chi connectivity index (χ4n) is 3.13. The number of nitrogens with zero attached hydrogens (tertiary/aromatic N) is 2. The van der Waals surface area contributed by atoms with Gasteiger partial charge in [-0.25, -0.2) is 4.98 Å². The lowest BCUT2D eigenvalue weighted by Gasteiger charge is -2.38. The highest BCUT2D eigenvalue weighted by Crippen LogP contribution is 2.39. The van der Waals surface area contributed by atoms with Gasteiger partial charge in [0.2, 0.25) is 0 Å². The molecule has 2 N–H and O–H groups in total. The van der Waals surface area contributed by atoms with Crippen molar-refractivity contribution >= 4 is 41.3 Å². The van der Waals surface area contributed by atoms with Crippen LogP contribution in [-0.2, 0) is 6.54 Å². The molecule has 1 aromatic carbocycles. The van der Waals surface area contributed by atoms with E-state index in [1.165, 1.54) is 10.6 Å². The number of guanidine groups is 1. The van der Waals surface area contributed by atoms with Crippen LogP contribution in [0.4, 0.5) is 0 Å². The van der Waals surface area contributed by atoms with Gasteiger partial charge in [0.25, 0.3) is 0 Å². The molecule has 148 valence electrons. The van der Waals surface area contributed by atoms with Crippen molar-refractivity contribution in [3.63, 3.8) is 0 Å². The Morgan fingerprint density at radius 2 is 2.11 bits per heavy atom. The van der Waals surface area contributed by atoms with Crippen molar-refractivity contribution in [1.82, 2.24) is 15.6 Å². The largest absolute Gasteiger partial charge is 0.487 e. The minimum atomic E-state index is -0.216. The predicted molar refractivity (Wildman–Crippen MR) is 123 cm³/mol. The van der Waals surface area contributed by atoms with Gasteiger partial charge in [0, 0.05) is 30.3 Å². The van der Waals surface area contributed by atoms with Crippen molar-refractivity contribution < 1.29 is 4.74 Å². The number of nitrogens with one attached hydrogen (secondary N) is 2. The number of halogens is 1. The Hall–Kier alpha value is -1.35. The van der Waals surface area contributed by atoms with Crippen molar-refractivity contribution in [2.24, 2.45) is 4.99 Å². The van der Waals surface area contributed by atoms with E-state index in [2.05, 4.69) is 59.8 Å². The van der Waals surface area contributed by atoms with Gasteiger partial charge < -0.3 is 15.4 Å². The summed E-state index contributed by atoms with van der Waals surface area (Å²) in [5, 5.41) is 10.2. The smallest absolute Gasteiger partial charge is 0.191 e. The van der Waals surface area contributed by atoms with Crippen molar-refractivity contribution in [2.75, 3.05) is 7.05 Å². The molecule has 0 saturated carbocycles. The minimum absolute atomic E-state index is 0. The Balaban J connectivity index is 0.00000261. The summed E-state index contributed by atoms with van der Waals surface area (Å²) < 4.78 is 6.11. The summed E-state index contributed by atoms with van der Waals surface area (Å²) in [5.74, 6) is 2.19. The Morgan fingerprint density at radius 3 is 2.78 bits per heavy atom. The molecular formula is C20H29IN4OS. The van der Waals surface area contributed by atoms with E-state index in [-0.39, 0.29) is 35.6 Å². The van der Waals surface area contributed by atoms with Crippen LogP contribution >= 0.6 is 35.3 Å². The molecule has 2 aromatic rings. The van der Waals surface area contributed by atoms with Gasteiger partial charge in [-0.15, -0.1) is 35.3 Å². The van der Waals surface area contributed by atoms with Gasteiger partial charge >= 0.3 is 0 Å². The predicted octanol–water partition coefficient (Wildman–Crippen LogP) is 4.85. The number of hydrogen-bond donors (Lipinski definition) is 2. The minimum Gasteiger partial charge on any atom is -0.487 e. The summed E-state index contributed by atoms with van der Waals surface area (Å²) in [7, 11) is 1.80. The summed E-state index contributed by atoms with van der Waals surface area (Å²) in [4.78, 5) is 9.06. The Kier molecular flexibility index (Phi) is 7.50. The van der Waals surface area contributed by atoms with Crippen LogP contribution in [0.15, 0.2) is 34.6 Å². The SMILES string of the molecule is CN=C(NCc1csc(C(C)C)n1)NC1CC(C)(C)Oc2ccccc21.I. The maximum absolute atomic E-state index is 6.11. The fourth-order valence-corrected chi connectivity index (χ4v) is 3.97. The van der Waals surface area contributed by atoms with Crippen molar-refractivity contribution in [1.29, 1.82) is 0 Å². The third kappa shape index (κ3) is 5.57. The molecule has 27 heavy (non-hydrogen) atoms. The van der Waals surface area contributed by atoms with Crippen LogP contribution in [0.25, 0.3) is 0 Å². The van der Waals surface area contributed by atoms with Crippen LogP contribution in [0.3, 0.4) is 0 Å². The van der Waals surface area contributed by atoms with Crippen LogP contribution in [0, 0.1) is 0 Å². The van der Waals surface area contributed by atoms with Gasteiger partial charge in [0.1, 0.15) is 11.4 Å². The van der Waals surface area contributed by atoms with Gasteiger partial charge in [-0.05, 0) is 19.9 Å². The Bertz CT molecular complexity index is 788. The molecule has 0 fully saturated rings. The number of aliphatic imine (C=N–C) groups is 1. The molecule has 1 aliphatic rings. The molecule has 1 atom stereocenters. The third-order valence-electron chi connectivity index (χ3n) is 4.41. The van der Waals surface area contributed by atoms with Gasteiger partial charge in [-0.1, -0.05) is 32.0 Å². The molecule has 0 spiro atoms. The Morgan fingerprint density at radius 1 is 1.37 bits per heavy atom. The zero-order valence-electron chi connectivity index (χ0n) is 16.6. The molecule has 0 saturated heterocycles. The number of benzene rings is 1. The van der Waals surface area contributed by atoms with Crippen LogP contribution in [-0.4, -0.2) is 23.6 Å². The van der Waals surface area contributed by atoms with Gasteiger partial charge in [-0.2, -0.15) is 0 Å². The van der Waals surface area contributed by atoms with Crippen LogP contribution in [0.1, 0.15) is 62.3 Å². The summed E-state index contributed by atoms with van der Waals surface area (Å²) in [6.07, 6.45) is 0.874. The molecule has 7 heteroatoms. The number of thiazole rings is 1. The van der Waals surface area contributed by atoms with Gasteiger partial charge in [0.05, 0.1) is 23.3 Å². The van der Waals surface area contributed by atoms with Crippen LogP contribution in [0.5, 0.6) is 5.75 Å². The summed E-state index contributed by atoms with van der Waals surface area (Å²) in [6, 6.07) is 8.37. The summed E-state index contributed by atoms with van der Waals surface area (Å²) >= 11 is 1.72. The van der Waals surface area contributed by atoms with E-state index in [4.69, 9.17) is 4.74 Å². The molecule has 2 heterocycles. The normalized spacial score (nSPS) is 18.3. The molecule has 1 unspecified atom stereocenters. The molecular weight excluding hydrogens is 471 g/mol. The van der Waals surface area contributed by atoms with E-state index in [1.807, 2.05) is 18.2 Å². The second-order valence-corrected chi connectivity index (χ2v) is 8.45. The highest BCUT2D eigenvalue weighted by Gasteiger charge is 2.33. The molecule has 0 radical (unpaired) electrons. The zero-order chi connectivity index (χ0) is 18.7. The molecule has 3 rings (SSSR count). The first-order chi connectivity index (χ1) is 12.4. The molecule has 0 bridgehead atoms. The lowest BCUT2D eigenvalue weighted by Crippen LogP contribution is -2.45. The number of aromatic nitrogens is 1. The van der Waals surface area contributed by atoms with Gasteiger partial charge in [0.15, 0.2) is 5.96 Å². The molecule has 5 nitrogen and oxygen atoms in total. The average molecular weight is 500 g/mol. The third-order valence-corrected chi connectivity index (χ3v) is 5.61. The molecule has 1 aliphatic heterocycles.